The Morgan fingerprint density at radius 1 is 0.761 bits per heavy atom. The number of primary amides is 1. The Morgan fingerprint density at radius 3 is 1.98 bits per heavy atom. The highest BCUT2D eigenvalue weighted by Gasteiger charge is 2.44. The van der Waals surface area contributed by atoms with Gasteiger partial charge in [0.05, 0.1) is 60.9 Å². The number of likely N-dealkylation sites (tertiary alicyclic amines) is 2. The molecule has 2 saturated heterocycles. The summed E-state index contributed by atoms with van der Waals surface area (Å²) in [6.07, 6.45) is 2.05. The summed E-state index contributed by atoms with van der Waals surface area (Å²) in [6.45, 7) is 21.8. The number of urea groups is 1. The summed E-state index contributed by atoms with van der Waals surface area (Å²) in [6, 6.07) is 11.5. The Labute approximate surface area is 546 Å². The SMILES string of the molecule is CC[C@H](C)[C@@H]([C@@H](CC(=O)N1CCC[C@H]1[C@H](OC)[C@@H](C)C(=O)N[C@H](C)[C@@H](O)c1ccccc1)OC)N(C)C(=O)[C@@H](NC(=O)[C@H](C(C)C)N(C)Cc1ccc(NC(=O)[C@H](CCCNC(N)=O)CC(=O)[C@@H](NC(=O)CCCCCN2C(=O)CC(C)C2=O)C(C)C)cc1)C(C)C. The first-order valence-corrected chi connectivity index (χ1v) is 33.2. The third-order valence-electron chi connectivity index (χ3n) is 18.4. The summed E-state index contributed by atoms with van der Waals surface area (Å²) in [7, 11) is 6.59. The molecule has 2 aliphatic heterocycles. The van der Waals surface area contributed by atoms with Crippen molar-refractivity contribution in [2.24, 2.45) is 47.2 Å². The number of aliphatic hydroxyl groups excluding tert-OH is 1. The largest absolute Gasteiger partial charge is 0.386 e. The Bertz CT molecular complexity index is 2750. The van der Waals surface area contributed by atoms with Crippen LogP contribution in [0.15, 0.2) is 54.6 Å². The predicted molar refractivity (Wildman–Crippen MR) is 353 cm³/mol. The molecule has 23 heteroatoms. The Morgan fingerprint density at radius 2 is 1.41 bits per heavy atom. The van der Waals surface area contributed by atoms with Crippen molar-refractivity contribution in [3.63, 3.8) is 0 Å². The number of anilines is 1. The molecule has 0 spiro atoms. The van der Waals surface area contributed by atoms with E-state index in [9.17, 15) is 53.1 Å². The quantitative estimate of drug-likeness (QED) is 0.0278. The lowest BCUT2D eigenvalue weighted by Crippen LogP contribution is -2.60. The van der Waals surface area contributed by atoms with Gasteiger partial charge in [0.15, 0.2) is 5.78 Å². The average molecular weight is 1290 g/mol. The third kappa shape index (κ3) is 22.5. The first kappa shape index (κ1) is 77.6. The third-order valence-corrected chi connectivity index (χ3v) is 18.4. The van der Waals surface area contributed by atoms with Crippen molar-refractivity contribution in [2.75, 3.05) is 53.3 Å². The topological polar surface area (TPSA) is 309 Å². The minimum absolute atomic E-state index is 0.0513. The summed E-state index contributed by atoms with van der Waals surface area (Å²) >= 11 is 0. The summed E-state index contributed by atoms with van der Waals surface area (Å²) in [5.41, 5.74) is 7.26. The number of Topliss-reactive ketones (excluding diaryl/α,β-unsaturated/α-hetero) is 1. The van der Waals surface area contributed by atoms with E-state index in [2.05, 4.69) is 26.6 Å². The van der Waals surface area contributed by atoms with Gasteiger partial charge in [0.2, 0.25) is 47.3 Å². The zero-order chi connectivity index (χ0) is 68.7. The van der Waals surface area contributed by atoms with Gasteiger partial charge in [-0.3, -0.25) is 53.0 Å². The van der Waals surface area contributed by atoms with E-state index in [4.69, 9.17) is 15.2 Å². The lowest BCUT2D eigenvalue weighted by Gasteiger charge is -2.41. The van der Waals surface area contributed by atoms with Crippen molar-refractivity contribution in [1.29, 1.82) is 0 Å². The molecule has 0 radical (unpaired) electrons. The van der Waals surface area contributed by atoms with Crippen LogP contribution in [0.1, 0.15) is 170 Å². The Kier molecular flexibility index (Phi) is 31.9. The Balaban J connectivity index is 1.40. The first-order valence-electron chi connectivity index (χ1n) is 33.2. The van der Waals surface area contributed by atoms with Crippen molar-refractivity contribution < 1.29 is 62.5 Å². The number of unbranched alkanes of at least 4 members (excludes halogenated alkanes) is 2. The number of rotatable bonds is 39. The highest BCUT2D eigenvalue weighted by Crippen LogP contribution is 2.31. The number of aliphatic hydroxyl groups is 1. The van der Waals surface area contributed by atoms with Gasteiger partial charge < -0.3 is 56.7 Å². The molecule has 0 aromatic heterocycles. The van der Waals surface area contributed by atoms with Crippen LogP contribution < -0.4 is 32.3 Å². The van der Waals surface area contributed by atoms with Crippen molar-refractivity contribution in [2.45, 2.75) is 214 Å². The monoisotopic (exact) mass is 1290 g/mol. The predicted octanol–water partition coefficient (Wildman–Crippen LogP) is 6.50. The van der Waals surface area contributed by atoms with Crippen molar-refractivity contribution >= 4 is 64.8 Å². The molecular formula is C69H110N10O13. The van der Waals surface area contributed by atoms with Crippen LogP contribution in [0.3, 0.4) is 0 Å². The van der Waals surface area contributed by atoms with Gasteiger partial charge in [-0.05, 0) is 99.4 Å². The molecule has 4 rings (SSSR count). The van der Waals surface area contributed by atoms with Crippen LogP contribution in [0.4, 0.5) is 10.5 Å². The summed E-state index contributed by atoms with van der Waals surface area (Å²) in [5, 5.41) is 25.4. The number of hydrogen-bond donors (Lipinski definition) is 7. The maximum atomic E-state index is 14.9. The van der Waals surface area contributed by atoms with Crippen LogP contribution in [0.5, 0.6) is 0 Å². The van der Waals surface area contributed by atoms with E-state index < -0.39 is 78.3 Å². The fourth-order valence-corrected chi connectivity index (χ4v) is 12.9. The minimum Gasteiger partial charge on any atom is -0.386 e. The second-order valence-corrected chi connectivity index (χ2v) is 26.7. The molecule has 2 heterocycles. The van der Waals surface area contributed by atoms with Gasteiger partial charge in [-0.15, -0.1) is 0 Å². The van der Waals surface area contributed by atoms with Crippen LogP contribution >= 0.6 is 0 Å². The molecular weight excluding hydrogens is 1180 g/mol. The number of amides is 10. The van der Waals surface area contributed by atoms with E-state index in [1.54, 1.807) is 61.9 Å². The number of nitrogens with zero attached hydrogens (tertiary/aromatic N) is 4. The second-order valence-electron chi connectivity index (χ2n) is 26.7. The molecule has 0 saturated carbocycles. The van der Waals surface area contributed by atoms with E-state index >= 15 is 0 Å². The number of ether oxygens (including phenoxy) is 2. The van der Waals surface area contributed by atoms with Gasteiger partial charge in [0, 0.05) is 84.2 Å². The highest BCUT2D eigenvalue weighted by atomic mass is 16.5. The van der Waals surface area contributed by atoms with E-state index in [1.807, 2.05) is 97.7 Å². The zero-order valence-corrected chi connectivity index (χ0v) is 57.5. The molecule has 8 N–H and O–H groups in total. The molecule has 514 valence electrons. The molecule has 10 amide bonds. The standard InChI is InChI=1S/C69H110N10O13/c1-16-44(8)61(54(91-14)39-57(83)78-36-24-28-52(78)63(92-15)46(10)64(85)72-47(11)62(84)49-25-19-17-20-26-49)77(13)68(89)59(42(4)5)75-66(87)60(43(6)7)76(12)40-48-30-32-51(33-31-48)73-65(86)50(27-23-34-71-69(70)90)38-53(80)58(41(2)3)74-55(81)29-21-18-22-35-79-56(82)37-45(9)67(79)88/h17,19-20,25-26,30-33,41-47,50,52,54,58-63,84H,16,18,21-24,27-29,34-40H2,1-15H3,(H,72,85)(H,73,86)(H,74,81)(H,75,87)(H3,70,71,90)/t44-,45?,46+,47+,50+,52-,54+,58-,59-,60-,61-,62+,63+/m0/s1. The Hall–Kier alpha value is -6.82. The molecule has 2 aromatic carbocycles. The average Bonchev–Trinajstić information content (AvgIpc) is 1.28. The van der Waals surface area contributed by atoms with Crippen LogP contribution in [-0.4, -0.2) is 180 Å². The number of likely N-dealkylation sites (N-methyl/N-ethyl adjacent to an activating group) is 2. The normalized spacial score (nSPS) is 18.7. The summed E-state index contributed by atoms with van der Waals surface area (Å²) in [4.78, 5) is 141. The van der Waals surface area contributed by atoms with E-state index in [0.29, 0.717) is 75.8 Å². The number of carbonyl (C=O) groups is 10. The van der Waals surface area contributed by atoms with Crippen LogP contribution in [-0.2, 0) is 59.2 Å². The van der Waals surface area contributed by atoms with Crippen molar-refractivity contribution in [3.05, 3.63) is 65.7 Å². The van der Waals surface area contributed by atoms with Crippen LogP contribution in [0, 0.1) is 41.4 Å². The lowest BCUT2D eigenvalue weighted by atomic mass is 9.89. The number of ketones is 1. The van der Waals surface area contributed by atoms with Gasteiger partial charge in [0.25, 0.3) is 0 Å². The van der Waals surface area contributed by atoms with Gasteiger partial charge in [0.1, 0.15) is 6.04 Å². The molecule has 2 aliphatic rings. The number of methoxy groups -OCH3 is 2. The maximum Gasteiger partial charge on any atom is 0.312 e. The van der Waals surface area contributed by atoms with Gasteiger partial charge in [-0.2, -0.15) is 0 Å². The molecule has 2 fully saturated rings. The van der Waals surface area contributed by atoms with Crippen molar-refractivity contribution in [1.82, 2.24) is 40.9 Å². The first-order chi connectivity index (χ1) is 43.5. The maximum absolute atomic E-state index is 14.9. The molecule has 13 atom stereocenters. The minimum atomic E-state index is -0.937. The van der Waals surface area contributed by atoms with E-state index in [0.717, 1.165) is 5.56 Å². The number of benzene rings is 2. The molecule has 2 aromatic rings. The fourth-order valence-electron chi connectivity index (χ4n) is 12.9. The van der Waals surface area contributed by atoms with Crippen LogP contribution in [0.2, 0.25) is 0 Å². The number of carbonyl (C=O) groups excluding carboxylic acids is 10. The molecule has 0 aliphatic carbocycles. The lowest BCUT2D eigenvalue weighted by molar-refractivity contribution is -0.148. The fraction of sp³-hybridized carbons (Fsp3) is 0.681. The van der Waals surface area contributed by atoms with Crippen LogP contribution in [0.25, 0.3) is 0 Å². The molecule has 23 nitrogen and oxygen atoms in total. The second kappa shape index (κ2) is 37.8. The van der Waals surface area contributed by atoms with Crippen molar-refractivity contribution in [3.8, 4) is 0 Å². The summed E-state index contributed by atoms with van der Waals surface area (Å²) < 4.78 is 12.1. The summed E-state index contributed by atoms with van der Waals surface area (Å²) in [5.74, 6) is -5.33. The molecule has 0 bridgehead atoms. The van der Waals surface area contributed by atoms with E-state index in [-0.39, 0.29) is 115 Å². The number of nitrogens with one attached hydrogen (secondary N) is 5. The molecule has 1 unspecified atom stereocenters. The van der Waals surface area contributed by atoms with E-state index in [1.165, 1.54) is 19.1 Å². The molecule has 92 heavy (non-hydrogen) atoms. The number of nitrogens with two attached hydrogens (primary N) is 1. The van der Waals surface area contributed by atoms with Gasteiger partial charge in [-0.1, -0.05) is 125 Å². The number of imide groups is 1. The van der Waals surface area contributed by atoms with Gasteiger partial charge in [-0.25, -0.2) is 4.79 Å². The number of hydrogen-bond acceptors (Lipinski definition) is 14. The van der Waals surface area contributed by atoms with Gasteiger partial charge >= 0.3 is 6.03 Å². The highest BCUT2D eigenvalue weighted by molar-refractivity contribution is 6.03. The smallest absolute Gasteiger partial charge is 0.312 e. The zero-order valence-electron chi connectivity index (χ0n) is 57.5.